The summed E-state index contributed by atoms with van der Waals surface area (Å²) in [6.45, 7) is 6.60. The molecule has 0 saturated heterocycles. The molecule has 5 heteroatoms. The lowest BCUT2D eigenvalue weighted by Gasteiger charge is -2.15. The number of ether oxygens (including phenoxy) is 1. The summed E-state index contributed by atoms with van der Waals surface area (Å²) in [6, 6.07) is 6.49. The molecule has 21 heavy (non-hydrogen) atoms. The van der Waals surface area contributed by atoms with Gasteiger partial charge in [-0.1, -0.05) is 20.8 Å². The molecule has 0 aliphatic heterocycles. The van der Waals surface area contributed by atoms with E-state index in [1.165, 1.54) is 0 Å². The van der Waals surface area contributed by atoms with Gasteiger partial charge in [0.25, 0.3) is 5.91 Å². The minimum atomic E-state index is -0.917. The van der Waals surface area contributed by atoms with Crippen molar-refractivity contribution in [1.82, 2.24) is 5.32 Å². The van der Waals surface area contributed by atoms with Gasteiger partial charge >= 0.3 is 5.97 Å². The van der Waals surface area contributed by atoms with Gasteiger partial charge in [-0.05, 0) is 36.6 Å². The Morgan fingerprint density at radius 3 is 2.33 bits per heavy atom. The summed E-state index contributed by atoms with van der Waals surface area (Å²) < 4.78 is 5.55. The van der Waals surface area contributed by atoms with Crippen LogP contribution < -0.4 is 10.1 Å². The Bertz CT molecular complexity index is 468. The van der Waals surface area contributed by atoms with Gasteiger partial charge in [0, 0.05) is 11.6 Å². The van der Waals surface area contributed by atoms with Crippen molar-refractivity contribution in [2.75, 3.05) is 6.61 Å². The van der Waals surface area contributed by atoms with Gasteiger partial charge in [-0.3, -0.25) is 9.59 Å². The molecule has 0 heterocycles. The van der Waals surface area contributed by atoms with E-state index in [-0.39, 0.29) is 18.4 Å². The molecule has 0 spiro atoms. The van der Waals surface area contributed by atoms with Gasteiger partial charge in [0.2, 0.25) is 0 Å². The van der Waals surface area contributed by atoms with Crippen LogP contribution in [-0.2, 0) is 4.79 Å². The number of carbonyl (C=O) groups excluding carboxylic acids is 1. The Labute approximate surface area is 125 Å². The van der Waals surface area contributed by atoms with E-state index in [9.17, 15) is 9.59 Å². The average molecular weight is 293 g/mol. The van der Waals surface area contributed by atoms with Crippen LogP contribution in [0.15, 0.2) is 24.3 Å². The van der Waals surface area contributed by atoms with Crippen LogP contribution in [-0.4, -0.2) is 29.6 Å². The summed E-state index contributed by atoms with van der Waals surface area (Å²) in [7, 11) is 0. The fourth-order valence-corrected chi connectivity index (χ4v) is 1.74. The molecule has 1 aromatic rings. The zero-order valence-electron chi connectivity index (χ0n) is 12.8. The number of carbonyl (C=O) groups is 2. The van der Waals surface area contributed by atoms with Crippen molar-refractivity contribution in [3.63, 3.8) is 0 Å². The Morgan fingerprint density at radius 2 is 1.86 bits per heavy atom. The summed E-state index contributed by atoms with van der Waals surface area (Å²) in [5.74, 6) is -0.0229. The number of hydrogen-bond acceptors (Lipinski definition) is 3. The molecule has 0 radical (unpaired) electrons. The quantitative estimate of drug-likeness (QED) is 0.772. The smallest absolute Gasteiger partial charge is 0.305 e. The topological polar surface area (TPSA) is 75.6 Å². The Morgan fingerprint density at radius 1 is 1.24 bits per heavy atom. The summed E-state index contributed by atoms with van der Waals surface area (Å²) in [5.41, 5.74) is 0.496. The first kappa shape index (κ1) is 17.0. The van der Waals surface area contributed by atoms with Gasteiger partial charge in [-0.15, -0.1) is 0 Å². The number of hydrogen-bond donors (Lipinski definition) is 2. The Kier molecular flexibility index (Phi) is 6.72. The maximum absolute atomic E-state index is 12.0. The van der Waals surface area contributed by atoms with Gasteiger partial charge in [0.05, 0.1) is 13.0 Å². The van der Waals surface area contributed by atoms with E-state index in [4.69, 9.17) is 9.84 Å². The largest absolute Gasteiger partial charge is 0.493 e. The maximum atomic E-state index is 12.0. The molecule has 0 aromatic heterocycles. The van der Waals surface area contributed by atoms with Gasteiger partial charge in [-0.2, -0.15) is 0 Å². The molecule has 0 aliphatic carbocycles. The second-order valence-electron chi connectivity index (χ2n) is 5.41. The molecule has 116 valence electrons. The maximum Gasteiger partial charge on any atom is 0.305 e. The average Bonchev–Trinajstić information content (AvgIpc) is 2.44. The van der Waals surface area contributed by atoms with E-state index in [1.54, 1.807) is 24.3 Å². The Balaban J connectivity index is 2.59. The minimum absolute atomic E-state index is 0.0716. The van der Waals surface area contributed by atoms with Crippen LogP contribution in [0.25, 0.3) is 0 Å². The van der Waals surface area contributed by atoms with Crippen LogP contribution in [0.3, 0.4) is 0 Å². The summed E-state index contributed by atoms with van der Waals surface area (Å²) >= 11 is 0. The van der Waals surface area contributed by atoms with Crippen LogP contribution in [0, 0.1) is 5.92 Å². The highest BCUT2D eigenvalue weighted by Gasteiger charge is 2.15. The van der Waals surface area contributed by atoms with E-state index in [0.29, 0.717) is 24.5 Å². The molecular weight excluding hydrogens is 270 g/mol. The highest BCUT2D eigenvalue weighted by Crippen LogP contribution is 2.13. The second kappa shape index (κ2) is 8.29. The number of carboxylic acid groups (broad SMARTS) is 1. The van der Waals surface area contributed by atoms with Crippen molar-refractivity contribution in [2.45, 2.75) is 39.7 Å². The number of amides is 1. The van der Waals surface area contributed by atoms with Crippen LogP contribution in [0.2, 0.25) is 0 Å². The molecule has 0 aliphatic rings. The molecular formula is C16H23NO4. The van der Waals surface area contributed by atoms with Gasteiger partial charge in [-0.25, -0.2) is 0 Å². The molecule has 1 aromatic carbocycles. The molecule has 1 atom stereocenters. The minimum Gasteiger partial charge on any atom is -0.493 e. The third-order valence-corrected chi connectivity index (χ3v) is 2.95. The fourth-order valence-electron chi connectivity index (χ4n) is 1.74. The van der Waals surface area contributed by atoms with Gasteiger partial charge < -0.3 is 15.2 Å². The van der Waals surface area contributed by atoms with E-state index < -0.39 is 5.97 Å². The van der Waals surface area contributed by atoms with Crippen molar-refractivity contribution >= 4 is 11.9 Å². The molecule has 2 N–H and O–H groups in total. The van der Waals surface area contributed by atoms with Gasteiger partial charge in [0.1, 0.15) is 5.75 Å². The number of carboxylic acids is 1. The summed E-state index contributed by atoms with van der Waals surface area (Å²) in [6.07, 6.45) is 0.505. The van der Waals surface area contributed by atoms with E-state index in [0.717, 1.165) is 5.75 Å². The number of rotatable bonds is 8. The zero-order chi connectivity index (χ0) is 15.8. The molecule has 0 saturated carbocycles. The lowest BCUT2D eigenvalue weighted by molar-refractivity contribution is -0.137. The van der Waals surface area contributed by atoms with Crippen molar-refractivity contribution in [3.8, 4) is 5.75 Å². The van der Waals surface area contributed by atoms with E-state index >= 15 is 0 Å². The lowest BCUT2D eigenvalue weighted by atomic mass is 10.1. The van der Waals surface area contributed by atoms with Crippen molar-refractivity contribution in [1.29, 1.82) is 0 Å². The molecule has 1 amide bonds. The first-order valence-electron chi connectivity index (χ1n) is 7.17. The zero-order valence-corrected chi connectivity index (χ0v) is 12.8. The fraction of sp³-hybridized carbons (Fsp3) is 0.500. The highest BCUT2D eigenvalue weighted by atomic mass is 16.5. The summed E-state index contributed by atoms with van der Waals surface area (Å²) in [5, 5.41) is 11.5. The molecule has 0 bridgehead atoms. The normalized spacial score (nSPS) is 12.0. The third kappa shape index (κ3) is 6.29. The molecule has 1 rings (SSSR count). The van der Waals surface area contributed by atoms with E-state index in [2.05, 4.69) is 19.2 Å². The molecule has 5 nitrogen and oxygen atoms in total. The van der Waals surface area contributed by atoms with Crippen LogP contribution >= 0.6 is 0 Å². The number of nitrogens with one attached hydrogen (secondary N) is 1. The van der Waals surface area contributed by atoms with Gasteiger partial charge in [0.15, 0.2) is 0 Å². The third-order valence-electron chi connectivity index (χ3n) is 2.95. The number of benzene rings is 1. The van der Waals surface area contributed by atoms with Crippen LogP contribution in [0.4, 0.5) is 0 Å². The second-order valence-corrected chi connectivity index (χ2v) is 5.41. The van der Waals surface area contributed by atoms with E-state index in [1.807, 2.05) is 6.92 Å². The number of aliphatic carboxylic acids is 1. The predicted octanol–water partition coefficient (Wildman–Crippen LogP) is 2.70. The van der Waals surface area contributed by atoms with Crippen molar-refractivity contribution in [3.05, 3.63) is 29.8 Å². The Hall–Kier alpha value is -2.04. The standard InChI is InChI=1S/C16H23NO4/c1-4-13(9-15(18)19)17-16(20)12-5-7-14(8-6-12)21-10-11(2)3/h5-8,11,13H,4,9-10H2,1-3H3,(H,17,20)(H,18,19). The predicted molar refractivity (Wildman–Crippen MR) is 80.6 cm³/mol. The summed E-state index contributed by atoms with van der Waals surface area (Å²) in [4.78, 5) is 22.7. The van der Waals surface area contributed by atoms with Crippen molar-refractivity contribution < 1.29 is 19.4 Å². The molecule has 1 unspecified atom stereocenters. The SMILES string of the molecule is CCC(CC(=O)O)NC(=O)c1ccc(OCC(C)C)cc1. The monoisotopic (exact) mass is 293 g/mol. The lowest BCUT2D eigenvalue weighted by Crippen LogP contribution is -2.35. The molecule has 0 fully saturated rings. The first-order valence-corrected chi connectivity index (χ1v) is 7.17. The van der Waals surface area contributed by atoms with Crippen molar-refractivity contribution in [2.24, 2.45) is 5.92 Å². The van der Waals surface area contributed by atoms with Crippen LogP contribution in [0.1, 0.15) is 44.0 Å². The highest BCUT2D eigenvalue weighted by molar-refractivity contribution is 5.94. The van der Waals surface area contributed by atoms with Crippen LogP contribution in [0.5, 0.6) is 5.75 Å². The first-order chi connectivity index (χ1) is 9.92.